The first-order valence-corrected chi connectivity index (χ1v) is 17.6. The van der Waals surface area contributed by atoms with E-state index in [1.165, 1.54) is 11.8 Å². The molecule has 14 nitrogen and oxygen atoms in total. The van der Waals surface area contributed by atoms with Gasteiger partial charge in [0, 0.05) is 97.7 Å². The number of hydrogen-bond donors (Lipinski definition) is 3. The molecule has 51 heavy (non-hydrogen) atoms. The summed E-state index contributed by atoms with van der Waals surface area (Å²) < 4.78 is 29.6. The second-order valence-corrected chi connectivity index (χ2v) is 14.6. The molecule has 16 heteroatoms. The number of carbonyl (C=O) groups is 3. The predicted octanol–water partition coefficient (Wildman–Crippen LogP) is 2.94. The number of esters is 1. The Balaban J connectivity index is 0.00000448. The van der Waals surface area contributed by atoms with Gasteiger partial charge in [-0.05, 0) is 50.9 Å². The number of aryl methyl sites for hydroxylation is 1. The van der Waals surface area contributed by atoms with Crippen molar-refractivity contribution in [1.29, 1.82) is 5.26 Å². The first-order valence-electron chi connectivity index (χ1n) is 16.6. The average Bonchev–Trinajstić information content (AvgIpc) is 3.58. The van der Waals surface area contributed by atoms with Crippen molar-refractivity contribution in [2.75, 3.05) is 40.1 Å². The van der Waals surface area contributed by atoms with E-state index >= 15 is 0 Å². The minimum absolute atomic E-state index is 0. The number of nitriles is 1. The van der Waals surface area contributed by atoms with E-state index in [4.69, 9.17) is 28.8 Å². The minimum atomic E-state index is -1.12. The number of nitrogens with one attached hydrogen (secondary N) is 1. The zero-order valence-corrected chi connectivity index (χ0v) is 34.6. The van der Waals surface area contributed by atoms with Crippen LogP contribution in [-0.4, -0.2) is 102 Å². The van der Waals surface area contributed by atoms with Gasteiger partial charge in [-0.25, -0.2) is 4.79 Å². The molecule has 4 bridgehead atoms. The number of phenolic OH excluding ortho intramolecular Hbond substituents is 1. The van der Waals surface area contributed by atoms with Crippen molar-refractivity contribution < 1.29 is 92.3 Å². The number of fused-ring (bicyclic) bond motifs is 9. The van der Waals surface area contributed by atoms with Crippen LogP contribution in [0.3, 0.4) is 0 Å². The molecule has 2 saturated heterocycles. The molecule has 5 aliphatic heterocycles. The summed E-state index contributed by atoms with van der Waals surface area (Å²) in [6.07, 6.45) is -0.101. The number of carboxylic acids is 1. The molecular formula is C35H40AcN4O10S. The molecule has 0 aliphatic carbocycles. The van der Waals surface area contributed by atoms with E-state index in [2.05, 4.69) is 27.3 Å². The van der Waals surface area contributed by atoms with Crippen molar-refractivity contribution in [3.63, 3.8) is 0 Å². The Morgan fingerprint density at radius 2 is 1.86 bits per heavy atom. The maximum Gasteiger partial charge on any atom is 0.329 e. The van der Waals surface area contributed by atoms with Gasteiger partial charge in [0.05, 0.1) is 29.8 Å². The van der Waals surface area contributed by atoms with Gasteiger partial charge < -0.3 is 39.2 Å². The number of benzene rings is 2. The number of ether oxygens (including phenoxy) is 5. The normalized spacial score (nSPS) is 27.5. The van der Waals surface area contributed by atoms with Crippen LogP contribution in [0, 0.1) is 76.2 Å². The average molecular weight is 936 g/mol. The van der Waals surface area contributed by atoms with Gasteiger partial charge in [-0.15, -0.1) is 11.8 Å². The van der Waals surface area contributed by atoms with Crippen molar-refractivity contribution in [1.82, 2.24) is 15.1 Å². The zero-order valence-electron chi connectivity index (χ0n) is 29.1. The number of rotatable bonds is 7. The maximum atomic E-state index is 13.6. The van der Waals surface area contributed by atoms with Crippen molar-refractivity contribution in [2.45, 2.75) is 81.5 Å². The Morgan fingerprint density at radius 1 is 1.12 bits per heavy atom. The minimum Gasteiger partial charge on any atom is -0.507 e. The van der Waals surface area contributed by atoms with Crippen LogP contribution in [0.4, 0.5) is 0 Å². The second kappa shape index (κ2) is 14.9. The van der Waals surface area contributed by atoms with E-state index in [0.29, 0.717) is 40.4 Å². The van der Waals surface area contributed by atoms with Gasteiger partial charge in [-0.3, -0.25) is 19.4 Å². The number of carbonyl (C=O) groups excluding carboxylic acids is 2. The van der Waals surface area contributed by atoms with Crippen molar-refractivity contribution in [3.8, 4) is 29.1 Å². The molecule has 0 aromatic heterocycles. The molecule has 0 spiro atoms. The third-order valence-corrected chi connectivity index (χ3v) is 12.2. The smallest absolute Gasteiger partial charge is 0.329 e. The number of amides is 1. The molecule has 269 valence electrons. The Bertz CT molecular complexity index is 1820. The molecule has 5 heterocycles. The van der Waals surface area contributed by atoms with Gasteiger partial charge in [0.25, 0.3) is 0 Å². The molecule has 5 aliphatic rings. The molecule has 7 atom stereocenters. The number of nitrogens with zero attached hydrogens (tertiary/aromatic N) is 3. The molecule has 2 aromatic rings. The van der Waals surface area contributed by atoms with Gasteiger partial charge in [0.1, 0.15) is 30.2 Å². The Labute approximate surface area is 335 Å². The fourth-order valence-corrected chi connectivity index (χ4v) is 9.95. The monoisotopic (exact) mass is 935 g/mol. The summed E-state index contributed by atoms with van der Waals surface area (Å²) in [4.78, 5) is 41.9. The summed E-state index contributed by atoms with van der Waals surface area (Å²) in [5.41, 5.74) is 5.82. The molecule has 0 saturated carbocycles. The number of thioether (sulfide) groups is 1. The molecule has 1 radical (unpaired) electrons. The molecule has 1 unspecified atom stereocenters. The SMILES string of the molecule is COCOc1c(C)c(C)cc2c1[C@@H]1C3[C@@H]4SC[C@H](NC(=O)CCC(=O)O)C(=O)OC[C@@H](c5c6c(c(C)c(O)c54)OCO6)N3[C@@H](C#N)[C@H](C2)N1C.[Ac]. The quantitative estimate of drug-likeness (QED) is 0.273. The second-order valence-electron chi connectivity index (χ2n) is 13.4. The maximum absolute atomic E-state index is 13.6. The van der Waals surface area contributed by atoms with Crippen molar-refractivity contribution in [2.24, 2.45) is 0 Å². The third-order valence-electron chi connectivity index (χ3n) is 10.8. The molecule has 7 rings (SSSR count). The van der Waals surface area contributed by atoms with Crippen LogP contribution in [0.5, 0.6) is 23.0 Å². The molecule has 2 aromatic carbocycles. The van der Waals surface area contributed by atoms with E-state index in [1.807, 2.05) is 20.9 Å². The topological polar surface area (TPSA) is 180 Å². The number of phenols is 1. The summed E-state index contributed by atoms with van der Waals surface area (Å²) in [6.45, 7) is 5.61. The van der Waals surface area contributed by atoms with Crippen LogP contribution in [0.15, 0.2) is 6.07 Å². The predicted molar refractivity (Wildman–Crippen MR) is 178 cm³/mol. The number of cyclic esters (lactones) is 1. The van der Waals surface area contributed by atoms with E-state index in [-0.39, 0.29) is 101 Å². The first-order chi connectivity index (χ1) is 24.0. The number of likely N-dealkylation sites (N-methyl/N-ethyl adjacent to an activating group) is 1. The standard InChI is InChI=1S/C35H40N4O10S.Ac/c1-15-8-18-9-20-21(10-36)39-22-11-46-35(44)19(37-23(40)6-7-24(41)42)12-50-34(27-26(22)33-32(48-14-49-33)17(3)30(27)43)29(39)28(38(20)4)25(18)31(16(15)2)47-13-45-5;/h8,19-22,28-29,34,43H,6-7,9,11-14H2,1-5H3,(H,37,40)(H,41,42);/t19-,20-,21-,22-,28+,29?,34+;/m0./s1. The molecule has 2 fully saturated rings. The summed E-state index contributed by atoms with van der Waals surface area (Å²) >= 11 is 1.37. The summed E-state index contributed by atoms with van der Waals surface area (Å²) in [5, 5.41) is 34.2. The van der Waals surface area contributed by atoms with Gasteiger partial charge >= 0.3 is 11.9 Å². The van der Waals surface area contributed by atoms with Crippen LogP contribution in [-0.2, 0) is 30.3 Å². The molecule has 3 N–H and O–H groups in total. The molecule has 1 amide bonds. The number of carboxylic acid groups (broad SMARTS) is 1. The summed E-state index contributed by atoms with van der Waals surface area (Å²) in [6, 6.07) is 1.29. The van der Waals surface area contributed by atoms with Crippen LogP contribution in [0.25, 0.3) is 0 Å². The number of piperazine rings is 1. The van der Waals surface area contributed by atoms with Crippen LogP contribution in [0.1, 0.15) is 69.1 Å². The fraction of sp³-hybridized carbons (Fsp3) is 0.543. The van der Waals surface area contributed by atoms with Crippen molar-refractivity contribution in [3.05, 3.63) is 45.0 Å². The van der Waals surface area contributed by atoms with Crippen LogP contribution in [0.2, 0.25) is 0 Å². The Hall–Kier alpha value is -2.79. The largest absolute Gasteiger partial charge is 0.507 e. The van der Waals surface area contributed by atoms with E-state index in [1.54, 1.807) is 14.0 Å². The number of aromatic hydroxyl groups is 1. The summed E-state index contributed by atoms with van der Waals surface area (Å²) in [7, 11) is 3.59. The zero-order chi connectivity index (χ0) is 35.6. The van der Waals surface area contributed by atoms with Gasteiger partial charge in [-0.1, -0.05) is 6.07 Å². The van der Waals surface area contributed by atoms with Gasteiger partial charge in [0.2, 0.25) is 12.7 Å². The Kier molecular flexibility index (Phi) is 11.1. The van der Waals surface area contributed by atoms with E-state index in [9.17, 15) is 24.8 Å². The van der Waals surface area contributed by atoms with Crippen LogP contribution >= 0.6 is 11.8 Å². The summed E-state index contributed by atoms with van der Waals surface area (Å²) in [5.74, 6) is -0.721. The number of hydrogen-bond acceptors (Lipinski definition) is 13. The fourth-order valence-electron chi connectivity index (χ4n) is 8.44. The van der Waals surface area contributed by atoms with E-state index in [0.717, 1.165) is 22.3 Å². The Morgan fingerprint density at radius 3 is 2.57 bits per heavy atom. The van der Waals surface area contributed by atoms with E-state index < -0.39 is 47.3 Å². The first kappa shape index (κ1) is 38.0. The van der Waals surface area contributed by atoms with Gasteiger partial charge in [-0.2, -0.15) is 5.26 Å². The van der Waals surface area contributed by atoms with Gasteiger partial charge in [0.15, 0.2) is 18.3 Å². The van der Waals surface area contributed by atoms with Crippen molar-refractivity contribution >= 4 is 29.6 Å². The van der Waals surface area contributed by atoms with Crippen LogP contribution < -0.4 is 19.5 Å². The molecular weight excluding hydrogens is 895 g/mol. The number of methoxy groups -OCH3 is 1. The number of aliphatic carboxylic acids is 1. The third kappa shape index (κ3) is 6.25.